The molecule has 3 unspecified atom stereocenters. The number of ether oxygens (including phenoxy) is 2. The number of esters is 2. The van der Waals surface area contributed by atoms with E-state index in [1.54, 1.807) is 49.1 Å². The van der Waals surface area contributed by atoms with E-state index >= 15 is 0 Å². The van der Waals surface area contributed by atoms with Gasteiger partial charge in [0.2, 0.25) is 17.7 Å². The molecule has 0 aliphatic carbocycles. The van der Waals surface area contributed by atoms with Crippen molar-refractivity contribution in [3.8, 4) is 5.75 Å². The van der Waals surface area contributed by atoms with Crippen LogP contribution in [0.3, 0.4) is 0 Å². The quantitative estimate of drug-likeness (QED) is 0.0358. The number of phenolic OH excluding ortho intramolecular Hbond substituents is 1. The Kier molecular flexibility index (Phi) is 22.5. The number of nitrogens with zero attached hydrogens (tertiary/aromatic N) is 3. The molecular formula is C47H76N6O10S2. The van der Waals surface area contributed by atoms with Gasteiger partial charge in [0.25, 0.3) is 5.91 Å². The monoisotopic (exact) mass is 949 g/mol. The van der Waals surface area contributed by atoms with E-state index in [4.69, 9.17) is 9.47 Å². The highest BCUT2D eigenvalue weighted by Crippen LogP contribution is 2.32. The molecule has 1 aliphatic heterocycles. The van der Waals surface area contributed by atoms with Crippen LogP contribution in [-0.4, -0.2) is 129 Å². The Morgan fingerprint density at radius 2 is 1.71 bits per heavy atom. The van der Waals surface area contributed by atoms with E-state index in [-0.39, 0.29) is 67.1 Å². The van der Waals surface area contributed by atoms with Crippen LogP contribution in [0.15, 0.2) is 29.6 Å². The molecule has 7 atom stereocenters. The van der Waals surface area contributed by atoms with Gasteiger partial charge in [-0.25, -0.2) is 4.98 Å². The van der Waals surface area contributed by atoms with Crippen molar-refractivity contribution in [2.75, 3.05) is 45.1 Å². The van der Waals surface area contributed by atoms with Crippen molar-refractivity contribution >= 4 is 56.8 Å². The van der Waals surface area contributed by atoms with Gasteiger partial charge in [-0.15, -0.1) is 21.3 Å². The van der Waals surface area contributed by atoms with Gasteiger partial charge in [0.15, 0.2) is 12.8 Å². The first-order chi connectivity index (χ1) is 30.6. The largest absolute Gasteiger partial charge is 0.508 e. The zero-order valence-electron chi connectivity index (χ0n) is 40.2. The summed E-state index contributed by atoms with van der Waals surface area (Å²) in [5, 5.41) is 20.8. The number of aromatic nitrogens is 1. The number of rotatable bonds is 26. The predicted molar refractivity (Wildman–Crippen MR) is 255 cm³/mol. The molecule has 1 saturated heterocycles. The minimum absolute atomic E-state index is 0.0413. The highest BCUT2D eigenvalue weighted by atomic mass is 32.2. The summed E-state index contributed by atoms with van der Waals surface area (Å²) in [6.45, 7) is 13.3. The fraction of sp³-hybridized carbons (Fsp3) is 0.681. The minimum atomic E-state index is -2.21. The fourth-order valence-corrected chi connectivity index (χ4v) is 9.68. The van der Waals surface area contributed by atoms with Gasteiger partial charge in [0, 0.05) is 55.4 Å². The van der Waals surface area contributed by atoms with E-state index in [1.165, 1.54) is 11.8 Å². The molecule has 3 rings (SSSR count). The number of thiol groups is 1. The Balaban J connectivity index is 1.92. The normalized spacial score (nSPS) is 17.4. The summed E-state index contributed by atoms with van der Waals surface area (Å²) in [5.74, 6) is -2.86. The number of phenols is 1. The number of aromatic hydroxyl groups is 1. The van der Waals surface area contributed by atoms with Gasteiger partial charge in [0.1, 0.15) is 22.5 Å². The van der Waals surface area contributed by atoms with Crippen molar-refractivity contribution in [2.24, 2.45) is 17.8 Å². The number of amides is 4. The molecule has 0 bridgehead atoms. The first-order valence-electron chi connectivity index (χ1n) is 23.1. The minimum Gasteiger partial charge on any atom is -0.508 e. The maximum absolute atomic E-state index is 14.8. The number of likely N-dealkylation sites (tertiary alicyclic amines) is 1. The Morgan fingerprint density at radius 3 is 2.31 bits per heavy atom. The first-order valence-corrected chi connectivity index (χ1v) is 26.8. The van der Waals surface area contributed by atoms with Crippen LogP contribution in [-0.2, 0) is 49.8 Å². The smallest absolute Gasteiger partial charge is 0.307 e. The van der Waals surface area contributed by atoms with Gasteiger partial charge in [-0.2, -0.15) is 0 Å². The van der Waals surface area contributed by atoms with Crippen molar-refractivity contribution < 1.29 is 47.6 Å². The van der Waals surface area contributed by atoms with Gasteiger partial charge in [0.05, 0.1) is 6.04 Å². The average Bonchev–Trinajstić information content (AvgIpc) is 3.74. The second-order valence-corrected chi connectivity index (χ2v) is 22.9. The number of hydrogen-bond acceptors (Lipinski definition) is 13. The lowest BCUT2D eigenvalue weighted by atomic mass is 9.92. The van der Waals surface area contributed by atoms with Crippen LogP contribution in [0, 0.1) is 17.8 Å². The van der Waals surface area contributed by atoms with Crippen molar-refractivity contribution in [2.45, 2.75) is 143 Å². The molecule has 4 N–H and O–H groups in total. The van der Waals surface area contributed by atoms with Crippen molar-refractivity contribution in [1.82, 2.24) is 30.7 Å². The Morgan fingerprint density at radius 1 is 1.02 bits per heavy atom. The third-order valence-electron chi connectivity index (χ3n) is 11.9. The van der Waals surface area contributed by atoms with E-state index in [0.29, 0.717) is 49.4 Å². The number of benzene rings is 1. The number of carbonyl (C=O) groups excluding carboxylic acids is 6. The summed E-state index contributed by atoms with van der Waals surface area (Å²) >= 11 is 1.12. The highest BCUT2D eigenvalue weighted by Gasteiger charge is 2.39. The molecule has 0 radical (unpaired) electrons. The maximum Gasteiger partial charge on any atom is 0.307 e. The lowest BCUT2D eigenvalue weighted by Crippen LogP contribution is -2.59. The third kappa shape index (κ3) is 18.4. The molecule has 366 valence electrons. The summed E-state index contributed by atoms with van der Waals surface area (Å²) in [6.07, 6.45) is 7.54. The molecule has 16 nitrogen and oxygen atoms in total. The molecule has 1 aliphatic rings. The zero-order valence-corrected chi connectivity index (χ0v) is 41.9. The van der Waals surface area contributed by atoms with E-state index < -0.39 is 63.8 Å². The molecule has 1 aromatic carbocycles. The molecule has 1 fully saturated rings. The molecule has 0 saturated carbocycles. The Hall–Kier alpha value is -4.42. The topological polar surface area (TPSA) is 214 Å². The second kappa shape index (κ2) is 26.7. The number of likely N-dealkylation sites (N-methyl/N-ethyl adjacent to an activating group) is 1. The second-order valence-electron chi connectivity index (χ2n) is 18.4. The van der Waals surface area contributed by atoms with Crippen LogP contribution >= 0.6 is 11.3 Å². The standard InChI is InChI=1S/C47H76N6O10S2/c1-11-16-41(56)62-29-53(47(60)42(31(5)12-2)51-45(59)38-17-13-14-23-52(38)8)39(30(3)4)27-40(63-33(7)54)46-50-37(28-64-46)44(58)49-35(26-34-18-20-36(55)21-19-34)25-32(6)43(57)48-22-15-24-65(9,10)61/h18-21,28,30-32,35,38-40,42,55,65H,11-17,22-27,29H2,1-10H3,(H,48,57)(H,49,58)(H,51,59)/t31?,32-,35+,38+,39?,40+,42?/m1/s1. The van der Waals surface area contributed by atoms with Crippen LogP contribution in [0.25, 0.3) is 0 Å². The van der Waals surface area contributed by atoms with Crippen LogP contribution in [0.1, 0.15) is 133 Å². The lowest BCUT2D eigenvalue weighted by Gasteiger charge is -2.39. The Bertz CT molecular complexity index is 1920. The molecular weight excluding hydrogens is 873 g/mol. The molecule has 4 amide bonds. The Labute approximate surface area is 391 Å². The zero-order chi connectivity index (χ0) is 48.4. The van der Waals surface area contributed by atoms with Gasteiger partial charge in [-0.1, -0.05) is 66.5 Å². The summed E-state index contributed by atoms with van der Waals surface area (Å²) < 4.78 is 23.7. The summed E-state index contributed by atoms with van der Waals surface area (Å²) in [6, 6.07) is 4.08. The van der Waals surface area contributed by atoms with Gasteiger partial charge in [-0.3, -0.25) is 37.9 Å². The van der Waals surface area contributed by atoms with E-state index in [0.717, 1.165) is 36.3 Å². The third-order valence-corrected chi connectivity index (χ3v) is 14.3. The van der Waals surface area contributed by atoms with Crippen LogP contribution in [0.2, 0.25) is 0 Å². The van der Waals surface area contributed by atoms with Crippen LogP contribution < -0.4 is 16.0 Å². The summed E-state index contributed by atoms with van der Waals surface area (Å²) in [7, 11) is -0.306. The number of nitrogens with one attached hydrogen (secondary N) is 3. The fourth-order valence-electron chi connectivity index (χ4n) is 7.92. The van der Waals surface area contributed by atoms with E-state index in [9.17, 15) is 38.1 Å². The molecule has 2 heterocycles. The number of hydrogen-bond donors (Lipinski definition) is 5. The first kappa shape index (κ1) is 54.9. The van der Waals surface area contributed by atoms with Gasteiger partial charge < -0.3 is 35.4 Å². The average molecular weight is 949 g/mol. The van der Waals surface area contributed by atoms with Crippen LogP contribution in [0.4, 0.5) is 0 Å². The van der Waals surface area contributed by atoms with Crippen molar-refractivity contribution in [3.05, 3.63) is 45.9 Å². The lowest BCUT2D eigenvalue weighted by molar-refractivity contribution is -0.160. The van der Waals surface area contributed by atoms with Gasteiger partial charge >= 0.3 is 11.9 Å². The van der Waals surface area contributed by atoms with Crippen molar-refractivity contribution in [3.63, 3.8) is 0 Å². The predicted octanol–water partition coefficient (Wildman–Crippen LogP) is 5.16. The van der Waals surface area contributed by atoms with E-state index in [2.05, 4.69) is 20.9 Å². The molecule has 1 aromatic heterocycles. The van der Waals surface area contributed by atoms with Crippen molar-refractivity contribution in [1.29, 1.82) is 0 Å². The summed E-state index contributed by atoms with van der Waals surface area (Å²) in [5.41, 5.74) is 0.889. The maximum atomic E-state index is 14.8. The van der Waals surface area contributed by atoms with Crippen LogP contribution in [0.5, 0.6) is 5.75 Å². The molecule has 65 heavy (non-hydrogen) atoms. The molecule has 18 heteroatoms. The highest BCUT2D eigenvalue weighted by molar-refractivity contribution is 8.01. The summed E-state index contributed by atoms with van der Waals surface area (Å²) in [4.78, 5) is 89.2. The molecule has 0 spiro atoms. The van der Waals surface area contributed by atoms with Gasteiger partial charge in [-0.05, 0) is 94.2 Å². The van der Waals surface area contributed by atoms with E-state index in [1.807, 2.05) is 46.6 Å². The number of carbonyl (C=O) groups is 6. The molecule has 2 aromatic rings. The number of thiazole rings is 1. The SMILES string of the molecule is CCCC(=O)OCN(C(=O)C(NC(=O)[C@@H]1CCCCN1C)C(C)CC)C(C[C@H](OC(C)=O)c1nc(C(=O)N[C@H](Cc2ccc(O)cc2)C[C@@H](C)C(=O)NCCC[SH](C)(C)=O)cs1)C(C)C. The number of piperidine rings is 1.